The highest BCUT2D eigenvalue weighted by Crippen LogP contribution is 2.50. The summed E-state index contributed by atoms with van der Waals surface area (Å²) in [5.41, 5.74) is 6.80. The molecule has 1 saturated carbocycles. The van der Waals surface area contributed by atoms with E-state index in [0.717, 1.165) is 5.92 Å². The Bertz CT molecular complexity index is 2420. The molecule has 3 unspecified atom stereocenters. The molecule has 0 N–H and O–H groups in total. The van der Waals surface area contributed by atoms with Crippen molar-refractivity contribution in [1.82, 2.24) is 0 Å². The molecule has 0 heteroatoms. The summed E-state index contributed by atoms with van der Waals surface area (Å²) in [6.07, 6.45) is 3.94. The molecule has 0 bridgehead atoms. The van der Waals surface area contributed by atoms with E-state index in [2.05, 4.69) is 160 Å². The van der Waals surface area contributed by atoms with Gasteiger partial charge in [-0.05, 0) is 124 Å². The van der Waals surface area contributed by atoms with Gasteiger partial charge < -0.3 is 0 Å². The Labute approximate surface area is 284 Å². The van der Waals surface area contributed by atoms with Crippen LogP contribution in [0.2, 0.25) is 0 Å². The van der Waals surface area contributed by atoms with Gasteiger partial charge >= 0.3 is 0 Å². The molecule has 0 saturated heterocycles. The zero-order valence-electron chi connectivity index (χ0n) is 28.2. The van der Waals surface area contributed by atoms with E-state index in [1.54, 1.807) is 5.56 Å². The molecule has 0 nitrogen and oxygen atoms in total. The van der Waals surface area contributed by atoms with Gasteiger partial charge in [0.2, 0.25) is 0 Å². The quantitative estimate of drug-likeness (QED) is 0.136. The van der Waals surface area contributed by atoms with Crippen LogP contribution in [0.4, 0.5) is 0 Å². The van der Waals surface area contributed by atoms with Crippen LogP contribution in [0.15, 0.2) is 140 Å². The largest absolute Gasteiger partial charge is 0.0625 e. The van der Waals surface area contributed by atoms with Gasteiger partial charge in [0.15, 0.2) is 0 Å². The summed E-state index contributed by atoms with van der Waals surface area (Å²) in [4.78, 5) is 0. The topological polar surface area (TPSA) is 0 Å². The molecule has 3 atom stereocenters. The minimum atomic E-state index is 0.571. The first kappa shape index (κ1) is 29.2. The van der Waals surface area contributed by atoms with Crippen LogP contribution in [0.1, 0.15) is 51.5 Å². The first-order valence-electron chi connectivity index (χ1n) is 17.9. The highest BCUT2D eigenvalue weighted by Gasteiger charge is 2.34. The van der Waals surface area contributed by atoms with Crippen LogP contribution in [0.5, 0.6) is 0 Å². The summed E-state index contributed by atoms with van der Waals surface area (Å²) in [5.74, 6) is 2.70. The smallest absolute Gasteiger partial charge is 0.00201 e. The molecule has 9 rings (SSSR count). The van der Waals surface area contributed by atoms with Gasteiger partial charge in [-0.15, -0.1) is 0 Å². The molecule has 0 aliphatic heterocycles. The van der Waals surface area contributed by atoms with Crippen molar-refractivity contribution >= 4 is 53.9 Å². The lowest BCUT2D eigenvalue weighted by Gasteiger charge is -2.39. The summed E-state index contributed by atoms with van der Waals surface area (Å²) in [7, 11) is 0. The molecule has 1 fully saturated rings. The summed E-state index contributed by atoms with van der Waals surface area (Å²) in [6, 6.07) is 52.5. The minimum Gasteiger partial charge on any atom is -0.0625 e. The van der Waals surface area contributed by atoms with Crippen LogP contribution < -0.4 is 0 Å². The van der Waals surface area contributed by atoms with E-state index in [0.29, 0.717) is 17.8 Å². The maximum atomic E-state index is 2.48. The fraction of sp³-hybridized carbons (Fsp3) is 0.208. The van der Waals surface area contributed by atoms with Gasteiger partial charge in [-0.25, -0.2) is 0 Å². The molecule has 0 amide bonds. The van der Waals surface area contributed by atoms with Crippen LogP contribution in [0, 0.1) is 17.8 Å². The molecule has 8 aromatic rings. The van der Waals surface area contributed by atoms with E-state index in [1.165, 1.54) is 95.4 Å². The summed E-state index contributed by atoms with van der Waals surface area (Å²) in [5, 5.41) is 13.5. The number of benzene rings is 8. The minimum absolute atomic E-state index is 0.571. The Morgan fingerprint density at radius 1 is 0.479 bits per heavy atom. The zero-order chi connectivity index (χ0) is 32.4. The van der Waals surface area contributed by atoms with Crippen LogP contribution in [0.25, 0.3) is 76.1 Å². The van der Waals surface area contributed by atoms with Gasteiger partial charge in [0.25, 0.3) is 0 Å². The molecular weight excluding hydrogens is 577 g/mol. The summed E-state index contributed by atoms with van der Waals surface area (Å²) < 4.78 is 0. The molecule has 0 spiro atoms. The van der Waals surface area contributed by atoms with Crippen molar-refractivity contribution in [3.8, 4) is 22.3 Å². The number of rotatable bonds is 4. The second-order valence-electron chi connectivity index (χ2n) is 14.7. The fourth-order valence-electron chi connectivity index (χ4n) is 9.43. The highest BCUT2D eigenvalue weighted by atomic mass is 14.4. The van der Waals surface area contributed by atoms with Crippen molar-refractivity contribution < 1.29 is 0 Å². The third-order valence-electron chi connectivity index (χ3n) is 11.6. The molecular formula is C48H42. The molecule has 1 aliphatic carbocycles. The molecule has 1 aliphatic rings. The van der Waals surface area contributed by atoms with Gasteiger partial charge in [0, 0.05) is 0 Å². The monoisotopic (exact) mass is 618 g/mol. The first-order valence-corrected chi connectivity index (χ1v) is 17.9. The maximum absolute atomic E-state index is 2.48. The maximum Gasteiger partial charge on any atom is -0.00201 e. The molecule has 0 aromatic heterocycles. The second-order valence-corrected chi connectivity index (χ2v) is 14.7. The van der Waals surface area contributed by atoms with Gasteiger partial charge in [0.1, 0.15) is 0 Å². The third kappa shape index (κ3) is 4.57. The zero-order valence-corrected chi connectivity index (χ0v) is 28.2. The highest BCUT2D eigenvalue weighted by molar-refractivity contribution is 6.25. The van der Waals surface area contributed by atoms with E-state index < -0.39 is 0 Å². The van der Waals surface area contributed by atoms with E-state index in [9.17, 15) is 0 Å². The molecule has 234 valence electrons. The van der Waals surface area contributed by atoms with Crippen molar-refractivity contribution in [1.29, 1.82) is 0 Å². The average Bonchev–Trinajstić information content (AvgIpc) is 3.12. The van der Waals surface area contributed by atoms with Crippen LogP contribution in [-0.2, 0) is 0 Å². The average molecular weight is 619 g/mol. The van der Waals surface area contributed by atoms with Gasteiger partial charge in [-0.2, -0.15) is 0 Å². The molecule has 48 heavy (non-hydrogen) atoms. The lowest BCUT2D eigenvalue weighted by molar-refractivity contribution is 0.199. The number of fused-ring (bicyclic) bond motifs is 6. The van der Waals surface area contributed by atoms with Crippen LogP contribution >= 0.6 is 0 Å². The van der Waals surface area contributed by atoms with Crippen molar-refractivity contribution in [2.45, 2.75) is 46.0 Å². The Morgan fingerprint density at radius 3 is 1.75 bits per heavy atom. The molecule has 8 aromatic carbocycles. The predicted octanol–water partition coefficient (Wildman–Crippen LogP) is 14.0. The van der Waals surface area contributed by atoms with Crippen molar-refractivity contribution in [2.24, 2.45) is 17.8 Å². The van der Waals surface area contributed by atoms with Crippen LogP contribution in [-0.4, -0.2) is 0 Å². The van der Waals surface area contributed by atoms with Crippen molar-refractivity contribution in [3.63, 3.8) is 0 Å². The Hall–Kier alpha value is -4.94. The predicted molar refractivity (Wildman–Crippen MR) is 209 cm³/mol. The second kappa shape index (κ2) is 11.6. The number of hydrogen-bond donors (Lipinski definition) is 0. The fourth-order valence-corrected chi connectivity index (χ4v) is 9.43. The van der Waals surface area contributed by atoms with E-state index in [1.807, 2.05) is 0 Å². The van der Waals surface area contributed by atoms with Gasteiger partial charge in [-0.3, -0.25) is 0 Å². The number of hydrogen-bond acceptors (Lipinski definition) is 0. The Balaban J connectivity index is 1.37. The molecule has 0 heterocycles. The normalized spacial score (nSPS) is 18.5. The summed E-state index contributed by atoms with van der Waals surface area (Å²) >= 11 is 0. The van der Waals surface area contributed by atoms with Gasteiger partial charge in [-0.1, -0.05) is 161 Å². The van der Waals surface area contributed by atoms with Gasteiger partial charge in [0.05, 0.1) is 0 Å². The Morgan fingerprint density at radius 2 is 1.06 bits per heavy atom. The van der Waals surface area contributed by atoms with Crippen LogP contribution in [0.3, 0.4) is 0 Å². The lowest BCUT2D eigenvalue weighted by atomic mass is 9.66. The summed E-state index contributed by atoms with van der Waals surface area (Å²) in [6.45, 7) is 7.36. The van der Waals surface area contributed by atoms with E-state index in [4.69, 9.17) is 0 Å². The standard InChI is InChI=1S/C48H42/c1-30(2)34-25-24-31(3)28-45(34)47-35-17-8-7-16-33(35)29-44-36-22-13-23-38(37(36)26-27-43(44)47)48-41-20-11-9-18-39(41)46(32-14-5-4-6-15-32)40-19-10-12-21-42(40)48/h4-23,26-27,29-31,34,45H,24-25,28H2,1-3H3. The third-order valence-corrected chi connectivity index (χ3v) is 11.6. The van der Waals surface area contributed by atoms with E-state index >= 15 is 0 Å². The van der Waals surface area contributed by atoms with E-state index in [-0.39, 0.29) is 0 Å². The van der Waals surface area contributed by atoms with Crippen molar-refractivity contribution in [3.05, 3.63) is 145 Å². The SMILES string of the molecule is CC1CCC(C(C)C)C(c2c3ccccc3cc3c2ccc2c(-c4c5ccccc5c(-c5ccccc5)c5ccccc45)cccc23)C1. The molecule has 0 radical (unpaired) electrons. The lowest BCUT2D eigenvalue weighted by Crippen LogP contribution is -2.26. The van der Waals surface area contributed by atoms with Crippen molar-refractivity contribution in [2.75, 3.05) is 0 Å². The first-order chi connectivity index (χ1) is 23.6. The Kier molecular flexibility index (Phi) is 7.08.